The van der Waals surface area contributed by atoms with E-state index in [0.29, 0.717) is 43.4 Å². The number of likely N-dealkylation sites (N-methyl/N-ethyl adjacent to an activating group) is 7. The number of aryl methyl sites for hydroxylation is 1. The second-order valence-electron chi connectivity index (χ2n) is 29.2. The Morgan fingerprint density at radius 1 is 0.651 bits per heavy atom. The van der Waals surface area contributed by atoms with Gasteiger partial charge >= 0.3 is 18.5 Å². The third-order valence-electron chi connectivity index (χ3n) is 21.6. The number of hydrogen-bond donors (Lipinski definition) is 3. The minimum absolute atomic E-state index is 0.0000243. The lowest BCUT2D eigenvalue weighted by Gasteiger charge is -2.43. The van der Waals surface area contributed by atoms with Crippen LogP contribution < -0.4 is 16.0 Å². The Morgan fingerprint density at radius 2 is 1.25 bits per heavy atom. The van der Waals surface area contributed by atoms with Crippen molar-refractivity contribution in [3.63, 3.8) is 0 Å². The molecule has 9 atom stereocenters. The molecule has 606 valence electrons. The molecule has 2 aromatic carbocycles. The summed E-state index contributed by atoms with van der Waals surface area (Å²) in [5.74, 6) is -13.5. The number of morpholine rings is 1. The molecule has 0 unspecified atom stereocenters. The van der Waals surface area contributed by atoms with E-state index in [2.05, 4.69) is 16.0 Å². The quantitative estimate of drug-likeness (QED) is 0.222. The van der Waals surface area contributed by atoms with E-state index in [4.69, 9.17) is 21.1 Å². The van der Waals surface area contributed by atoms with Gasteiger partial charge in [-0.25, -0.2) is 0 Å². The van der Waals surface area contributed by atoms with E-state index in [1.54, 1.807) is 13.8 Å². The second kappa shape index (κ2) is 37.6. The molecule has 2 aromatic rings. The first kappa shape index (κ1) is 87.9. The first-order valence-electron chi connectivity index (χ1n) is 36.6. The highest BCUT2D eigenvalue weighted by molar-refractivity contribution is 6.31. The fourth-order valence-corrected chi connectivity index (χ4v) is 15.2. The molecule has 109 heavy (non-hydrogen) atoms. The molecule has 0 radical (unpaired) electrons. The van der Waals surface area contributed by atoms with Gasteiger partial charge in [0.2, 0.25) is 70.9 Å². The van der Waals surface area contributed by atoms with Crippen molar-refractivity contribution in [2.45, 2.75) is 196 Å². The Morgan fingerprint density at radius 3 is 1.83 bits per heavy atom. The number of carbonyl (C=O) groups is 12. The number of nitrogens with one attached hydrogen (secondary N) is 3. The molecule has 2 saturated carbocycles. The first-order valence-corrected chi connectivity index (χ1v) is 37.0. The van der Waals surface area contributed by atoms with Crippen molar-refractivity contribution in [1.29, 1.82) is 0 Å². The van der Waals surface area contributed by atoms with E-state index in [0.717, 1.165) is 114 Å². The van der Waals surface area contributed by atoms with Gasteiger partial charge in [0.05, 0.1) is 67.9 Å². The van der Waals surface area contributed by atoms with Gasteiger partial charge in [0.1, 0.15) is 47.8 Å². The van der Waals surface area contributed by atoms with Gasteiger partial charge in [-0.2, -0.15) is 39.5 Å². The summed E-state index contributed by atoms with van der Waals surface area (Å²) in [6, 6.07) is -5.74. The van der Waals surface area contributed by atoms with Gasteiger partial charge < -0.3 is 69.5 Å². The van der Waals surface area contributed by atoms with Gasteiger partial charge in [-0.1, -0.05) is 82.2 Å². The molecule has 3 aliphatic heterocycles. The van der Waals surface area contributed by atoms with Crippen molar-refractivity contribution in [3.05, 3.63) is 69.7 Å². The summed E-state index contributed by atoms with van der Waals surface area (Å²) in [5.41, 5.74) is -3.78. The molecule has 3 heterocycles. The molecule has 2 aliphatic carbocycles. The molecule has 3 saturated heterocycles. The molecule has 3 N–H and O–H groups in total. The van der Waals surface area contributed by atoms with Crippen LogP contribution in [-0.4, -0.2) is 284 Å². The van der Waals surface area contributed by atoms with Crippen LogP contribution in [0.1, 0.15) is 133 Å². The maximum Gasteiger partial charge on any atom is 0.417 e. The maximum absolute atomic E-state index is 15.8. The zero-order valence-corrected chi connectivity index (χ0v) is 63.8. The van der Waals surface area contributed by atoms with Crippen LogP contribution in [0.5, 0.6) is 0 Å². The molecule has 12 amide bonds. The number of fused-ring (bicyclic) bond motifs is 1. The molecule has 5 aliphatic rings. The van der Waals surface area contributed by atoms with Crippen molar-refractivity contribution in [1.82, 2.24) is 60.0 Å². The smallest absolute Gasteiger partial charge is 0.378 e. The van der Waals surface area contributed by atoms with E-state index in [9.17, 15) is 77.9 Å². The van der Waals surface area contributed by atoms with Crippen molar-refractivity contribution in [3.8, 4) is 0 Å². The van der Waals surface area contributed by atoms with E-state index in [1.165, 1.54) is 30.8 Å². The summed E-state index contributed by atoms with van der Waals surface area (Å²) in [5, 5.41) is 7.24. The lowest BCUT2D eigenvalue weighted by atomic mass is 9.81. The van der Waals surface area contributed by atoms with Crippen molar-refractivity contribution < 1.29 is 107 Å². The summed E-state index contributed by atoms with van der Waals surface area (Å²) in [4.78, 5) is 188. The topological polar surface area (TPSA) is 289 Å². The largest absolute Gasteiger partial charge is 0.417 e. The van der Waals surface area contributed by atoms with Crippen LogP contribution in [0.4, 0.5) is 39.5 Å². The standard InChI is InChI=1S/C73H100ClF9N12O14/c1-11-43(3)60-67(105)89(6)41-58(98)87(4)42-59(99)90(7)53(35-45-20-24-47(25-21-45)72(78,79)80)65(103)88(5)40-56(96)84-51(27-23-44-22-26-49(50(74)34-44)73(81,82)83)64(102)95-39-48(109-12-2)36-52(95)63(101)86-70(28-16-17-29-70)69(107)93(10)61(46-18-14-13-15-19-46)68(106)92(9)54(66(104)94-30-32-108-33-31-94)37-57(97)91(8)55(62(100)85-60)38-71(75,76)77/h20-22,24-26,34,43,46,48,51-55,60-61H,11-19,23,27-33,35-42H2,1-10H3,(H,84,96)(H,85,100)(H,86,101)/t43-,48+,51-,52-,53-,54-,55-,60-,61-/m0/s1. The number of nitrogens with zero attached hydrogens (tertiary/aromatic N) is 9. The highest BCUT2D eigenvalue weighted by atomic mass is 35.5. The van der Waals surface area contributed by atoms with Gasteiger partial charge in [0, 0.05) is 88.4 Å². The van der Waals surface area contributed by atoms with Gasteiger partial charge in [-0.3, -0.25) is 57.5 Å². The number of alkyl halides is 9. The average molecular weight is 1580 g/mol. The van der Waals surface area contributed by atoms with Crippen molar-refractivity contribution in [2.75, 3.05) is 108 Å². The summed E-state index contributed by atoms with van der Waals surface area (Å²) in [7, 11) is 7.97. The molecular weight excluding hydrogens is 1480 g/mol. The fraction of sp³-hybridized carbons (Fsp3) is 0.671. The van der Waals surface area contributed by atoms with Crippen LogP contribution in [0, 0.1) is 11.8 Å². The zero-order valence-electron chi connectivity index (χ0n) is 63.0. The maximum atomic E-state index is 15.8. The molecule has 0 bridgehead atoms. The first-order chi connectivity index (χ1) is 51.0. The number of amides is 12. The predicted octanol–water partition coefficient (Wildman–Crippen LogP) is 5.48. The Bertz CT molecular complexity index is 3610. The van der Waals surface area contributed by atoms with Crippen LogP contribution in [0.3, 0.4) is 0 Å². The Kier molecular flexibility index (Phi) is 30.3. The molecule has 7 rings (SSSR count). The predicted molar refractivity (Wildman–Crippen MR) is 377 cm³/mol. The Balaban J connectivity index is 1.34. The van der Waals surface area contributed by atoms with Crippen LogP contribution >= 0.6 is 11.6 Å². The second-order valence-corrected chi connectivity index (χ2v) is 29.6. The van der Waals surface area contributed by atoms with Gasteiger partial charge in [-0.15, -0.1) is 0 Å². The van der Waals surface area contributed by atoms with Crippen molar-refractivity contribution in [2.24, 2.45) is 11.8 Å². The minimum Gasteiger partial charge on any atom is -0.378 e. The number of ether oxygens (including phenoxy) is 2. The highest BCUT2D eigenvalue weighted by Gasteiger charge is 2.53. The molecule has 36 heteroatoms. The Hall–Kier alpha value is -8.34. The van der Waals surface area contributed by atoms with Gasteiger partial charge in [0.25, 0.3) is 0 Å². The van der Waals surface area contributed by atoms with Crippen LogP contribution in [0.25, 0.3) is 0 Å². The highest BCUT2D eigenvalue weighted by Crippen LogP contribution is 2.39. The molecule has 0 aromatic heterocycles. The molecule has 26 nitrogen and oxygen atoms in total. The fourth-order valence-electron chi connectivity index (χ4n) is 14.9. The van der Waals surface area contributed by atoms with Gasteiger partial charge in [0.15, 0.2) is 0 Å². The lowest BCUT2D eigenvalue weighted by Crippen LogP contribution is -2.65. The van der Waals surface area contributed by atoms with Gasteiger partial charge in [-0.05, 0) is 92.7 Å². The lowest BCUT2D eigenvalue weighted by molar-refractivity contribution is -0.164. The molecular formula is C73H100ClF9N12O14. The number of halogens is 10. The van der Waals surface area contributed by atoms with Crippen LogP contribution in [0.15, 0.2) is 42.5 Å². The normalized spacial score (nSPS) is 25.6. The van der Waals surface area contributed by atoms with E-state index < -0.39 is 217 Å². The number of hydrogen-bond acceptors (Lipinski definition) is 14. The average Bonchev–Trinajstić information content (AvgIpc) is 1.67. The number of rotatable bonds is 12. The van der Waals surface area contributed by atoms with Crippen LogP contribution in [0.2, 0.25) is 5.02 Å². The van der Waals surface area contributed by atoms with E-state index in [-0.39, 0.29) is 82.7 Å². The third-order valence-corrected chi connectivity index (χ3v) is 21.9. The minimum atomic E-state index is -5.17. The third kappa shape index (κ3) is 22.5. The summed E-state index contributed by atoms with van der Waals surface area (Å²) in [6.45, 7) is 1.87. The Labute approximate surface area is 632 Å². The molecule has 5 fully saturated rings. The summed E-state index contributed by atoms with van der Waals surface area (Å²) in [6.07, 6.45) is -16.5. The van der Waals surface area contributed by atoms with E-state index in [1.807, 2.05) is 0 Å². The van der Waals surface area contributed by atoms with Crippen LogP contribution in [-0.2, 0) is 92.2 Å². The summed E-state index contributed by atoms with van der Waals surface area (Å²) >= 11 is 6.14. The number of carbonyl (C=O) groups excluding carboxylic acids is 12. The summed E-state index contributed by atoms with van der Waals surface area (Å²) < 4.78 is 139. The zero-order chi connectivity index (χ0) is 80.9. The van der Waals surface area contributed by atoms with Crippen molar-refractivity contribution >= 4 is 82.5 Å². The number of benzene rings is 2. The molecule has 1 spiro atoms. The SMILES string of the molecule is CCO[C@@H]1C[C@H]2C(=O)NC3(CCCC3)C(=O)N(C)[C@@H](C3CCCCC3)C(=O)N(C)[C@H](C(=O)N3CCOCC3)CC(=O)N(C)[C@@H](CC(F)(F)F)C(=O)N[C@@H]([C@@H](C)CC)C(=O)N(C)CC(=O)N(C)CC(=O)N(C)[C@@H](Cc3ccc(C(F)(F)F)cc3)C(=O)N(C)CC(=O)N[C@@H](CCc3ccc(C(F)(F)F)c(Cl)c3)C(=O)N2C1. The van der Waals surface area contributed by atoms with E-state index >= 15 is 19.2 Å². The monoisotopic (exact) mass is 1570 g/mol.